The number of sulfonamides is 1. The van der Waals surface area contributed by atoms with Crippen LogP contribution in [0.3, 0.4) is 0 Å². The second-order valence-electron chi connectivity index (χ2n) is 14.8. The van der Waals surface area contributed by atoms with E-state index >= 15 is 0 Å². The average molecular weight is 684 g/mol. The van der Waals surface area contributed by atoms with Gasteiger partial charge in [0.25, 0.3) is 0 Å². The Morgan fingerprint density at radius 1 is 1.02 bits per heavy atom. The van der Waals surface area contributed by atoms with Gasteiger partial charge in [0, 0.05) is 30.3 Å². The van der Waals surface area contributed by atoms with Gasteiger partial charge in [-0.1, -0.05) is 67.5 Å². The summed E-state index contributed by atoms with van der Waals surface area (Å²) >= 11 is 0. The molecule has 1 saturated heterocycles. The van der Waals surface area contributed by atoms with Gasteiger partial charge in [0.15, 0.2) is 5.78 Å². The van der Waals surface area contributed by atoms with Gasteiger partial charge in [0.2, 0.25) is 21.8 Å². The number of amides is 2. The Balaban J connectivity index is 1.20. The van der Waals surface area contributed by atoms with Crippen molar-refractivity contribution in [3.8, 4) is 5.75 Å². The van der Waals surface area contributed by atoms with E-state index < -0.39 is 38.2 Å². The van der Waals surface area contributed by atoms with E-state index in [1.54, 1.807) is 18.0 Å². The van der Waals surface area contributed by atoms with Gasteiger partial charge in [-0.3, -0.25) is 24.1 Å². The zero-order valence-corrected chi connectivity index (χ0v) is 28.9. The Hall–Kier alpha value is -4.05. The zero-order valence-electron chi connectivity index (χ0n) is 28.1. The fourth-order valence-electron chi connectivity index (χ4n) is 7.67. The maximum absolute atomic E-state index is 14.6. The molecule has 2 aromatic carbocycles. The third kappa shape index (κ3) is 6.89. The molecule has 2 amide bonds. The fraction of sp³-hybridized carbons (Fsp3) is 0.487. The first-order chi connectivity index (χ1) is 23.6. The molecule has 2 aliphatic carbocycles. The summed E-state index contributed by atoms with van der Waals surface area (Å²) in [5.41, 5.74) is 0.699. The van der Waals surface area contributed by atoms with Crippen molar-refractivity contribution in [1.29, 1.82) is 0 Å². The Kier molecular flexibility index (Phi) is 9.11. The van der Waals surface area contributed by atoms with Crippen LogP contribution in [0.5, 0.6) is 5.75 Å². The SMILES string of the molecule is CC1(S(=O)(=O)NC(=O)[C@]23CC(=O)[C@@H]4C[C@@H](Oc5ccnc6ccccc56)CN4C(=O)[C@@H](Cc4ccccc4)CCCCC/C=C\[C@@H]2C3)CC1. The molecule has 258 valence electrons. The molecular formula is C39H45N3O6S. The minimum atomic E-state index is -3.88. The Morgan fingerprint density at radius 3 is 2.59 bits per heavy atom. The minimum absolute atomic E-state index is 0.0732. The third-order valence-electron chi connectivity index (χ3n) is 11.2. The minimum Gasteiger partial charge on any atom is -0.488 e. The number of pyridine rings is 1. The van der Waals surface area contributed by atoms with E-state index in [0.29, 0.717) is 37.9 Å². The van der Waals surface area contributed by atoms with Crippen molar-refractivity contribution in [1.82, 2.24) is 14.6 Å². The number of carbonyl (C=O) groups is 3. The number of fused-ring (bicyclic) bond motifs is 3. The average Bonchev–Trinajstić information content (AvgIpc) is 3.97. The fourth-order valence-corrected chi connectivity index (χ4v) is 9.00. The maximum atomic E-state index is 14.6. The number of allylic oxidation sites excluding steroid dienone is 2. The monoisotopic (exact) mass is 683 g/mol. The highest BCUT2D eigenvalue weighted by Gasteiger charge is 2.62. The molecule has 5 atom stereocenters. The van der Waals surface area contributed by atoms with Gasteiger partial charge < -0.3 is 9.64 Å². The molecule has 1 aromatic heterocycles. The summed E-state index contributed by atoms with van der Waals surface area (Å²) in [6, 6.07) is 18.7. The van der Waals surface area contributed by atoms with Crippen LogP contribution in [0.15, 0.2) is 79.0 Å². The highest BCUT2D eigenvalue weighted by molar-refractivity contribution is 7.91. The molecule has 4 aliphatic rings. The summed E-state index contributed by atoms with van der Waals surface area (Å²) in [6.07, 6.45) is 11.8. The Labute approximate surface area is 288 Å². The molecule has 10 heteroatoms. The van der Waals surface area contributed by atoms with Crippen molar-refractivity contribution in [3.05, 3.63) is 84.6 Å². The molecule has 3 heterocycles. The van der Waals surface area contributed by atoms with Gasteiger partial charge >= 0.3 is 0 Å². The first-order valence-corrected chi connectivity index (χ1v) is 19.2. The van der Waals surface area contributed by atoms with Crippen LogP contribution in [0.25, 0.3) is 10.9 Å². The number of ketones is 1. The van der Waals surface area contributed by atoms with Crippen LogP contribution < -0.4 is 9.46 Å². The molecule has 9 nitrogen and oxygen atoms in total. The van der Waals surface area contributed by atoms with Crippen LogP contribution in [-0.4, -0.2) is 59.3 Å². The Morgan fingerprint density at radius 2 is 1.80 bits per heavy atom. The molecular weight excluding hydrogens is 639 g/mol. The molecule has 49 heavy (non-hydrogen) atoms. The van der Waals surface area contributed by atoms with E-state index in [2.05, 4.69) is 15.8 Å². The summed E-state index contributed by atoms with van der Waals surface area (Å²) in [4.78, 5) is 49.0. The van der Waals surface area contributed by atoms with Crippen LogP contribution in [0.2, 0.25) is 0 Å². The first-order valence-electron chi connectivity index (χ1n) is 17.7. The van der Waals surface area contributed by atoms with Crippen molar-refractivity contribution in [2.75, 3.05) is 6.54 Å². The molecule has 2 aliphatic heterocycles. The van der Waals surface area contributed by atoms with Gasteiger partial charge in [-0.2, -0.15) is 0 Å². The molecule has 0 spiro atoms. The topological polar surface area (TPSA) is 123 Å². The van der Waals surface area contributed by atoms with E-state index in [-0.39, 0.29) is 42.9 Å². The first kappa shape index (κ1) is 33.4. The van der Waals surface area contributed by atoms with Crippen molar-refractivity contribution < 1.29 is 27.5 Å². The van der Waals surface area contributed by atoms with Crippen LogP contribution in [0.1, 0.15) is 76.7 Å². The number of Topliss-reactive ketones (excluding diaryl/α,β-unsaturated/α-hetero) is 1. The number of hydrogen-bond donors (Lipinski definition) is 1. The number of para-hydroxylation sites is 1. The summed E-state index contributed by atoms with van der Waals surface area (Å²) in [5, 5.41) is 0.850. The third-order valence-corrected chi connectivity index (χ3v) is 13.4. The van der Waals surface area contributed by atoms with Crippen molar-refractivity contribution in [2.24, 2.45) is 17.3 Å². The van der Waals surface area contributed by atoms with E-state index in [9.17, 15) is 22.8 Å². The highest BCUT2D eigenvalue weighted by Crippen LogP contribution is 2.57. The summed E-state index contributed by atoms with van der Waals surface area (Å²) in [5.74, 6) is -0.822. The normalized spacial score (nSPS) is 29.2. The van der Waals surface area contributed by atoms with Gasteiger partial charge in [-0.05, 0) is 81.5 Å². The van der Waals surface area contributed by atoms with E-state index in [0.717, 1.165) is 42.1 Å². The number of ether oxygens (including phenoxy) is 1. The number of aromatic nitrogens is 1. The van der Waals surface area contributed by atoms with E-state index in [1.165, 1.54) is 0 Å². The maximum Gasteiger partial charge on any atom is 0.240 e. The van der Waals surface area contributed by atoms with Gasteiger partial charge in [0.1, 0.15) is 11.9 Å². The number of carbonyl (C=O) groups excluding carboxylic acids is 3. The van der Waals surface area contributed by atoms with Crippen molar-refractivity contribution in [3.63, 3.8) is 0 Å². The molecule has 2 saturated carbocycles. The summed E-state index contributed by atoms with van der Waals surface area (Å²) < 4.78 is 34.2. The number of benzene rings is 2. The van der Waals surface area contributed by atoms with Gasteiger partial charge in [0.05, 0.1) is 28.3 Å². The lowest BCUT2D eigenvalue weighted by atomic mass is 9.90. The standard InChI is InChI=1S/C39H45N3O6S/c1-38(19-20-38)49(46,47)41-37(45)39-24-29(39)15-9-4-2-3-8-14-28(22-27-12-6-5-7-13-27)36(44)42-26-30(23-33(42)34(43)25-39)48-35-18-21-40-32-17-11-10-16-31(32)35/h5-7,9-13,15-18,21,28-30,33H,2-4,8,14,19-20,22-26H2,1H3,(H,41,45)/b15-9-/t28-,29-,30-,33+,39-/m1/s1. The van der Waals surface area contributed by atoms with Crippen LogP contribution in [0.4, 0.5) is 0 Å². The lowest BCUT2D eigenvalue weighted by Gasteiger charge is -2.29. The number of nitrogens with zero attached hydrogens (tertiary/aromatic N) is 2. The second-order valence-corrected chi connectivity index (χ2v) is 17.0. The molecule has 0 unspecified atom stereocenters. The van der Waals surface area contributed by atoms with Gasteiger partial charge in [-0.25, -0.2) is 8.42 Å². The summed E-state index contributed by atoms with van der Waals surface area (Å²) in [7, 11) is -3.88. The molecule has 3 aromatic rings. The van der Waals surface area contributed by atoms with Crippen LogP contribution in [-0.2, 0) is 30.8 Å². The molecule has 0 radical (unpaired) electrons. The van der Waals surface area contributed by atoms with Crippen LogP contribution in [0, 0.1) is 17.3 Å². The predicted octanol–water partition coefficient (Wildman–Crippen LogP) is 5.93. The molecule has 3 fully saturated rings. The molecule has 0 bridgehead atoms. The van der Waals surface area contributed by atoms with Crippen molar-refractivity contribution in [2.45, 2.75) is 94.4 Å². The quantitative estimate of drug-likeness (QED) is 0.307. The number of hydrogen-bond acceptors (Lipinski definition) is 7. The highest BCUT2D eigenvalue weighted by atomic mass is 32.2. The second kappa shape index (κ2) is 13.3. The smallest absolute Gasteiger partial charge is 0.240 e. The van der Waals surface area contributed by atoms with E-state index in [1.807, 2.05) is 66.7 Å². The summed E-state index contributed by atoms with van der Waals surface area (Å²) in [6.45, 7) is 1.89. The zero-order chi connectivity index (χ0) is 34.2. The number of rotatable bonds is 7. The van der Waals surface area contributed by atoms with E-state index in [4.69, 9.17) is 4.74 Å². The predicted molar refractivity (Wildman–Crippen MR) is 187 cm³/mol. The molecule has 7 rings (SSSR count). The van der Waals surface area contributed by atoms with Gasteiger partial charge in [-0.15, -0.1) is 0 Å². The largest absolute Gasteiger partial charge is 0.488 e. The number of nitrogens with one attached hydrogen (secondary N) is 1. The molecule has 1 N–H and O–H groups in total. The lowest BCUT2D eigenvalue weighted by molar-refractivity contribution is -0.142. The lowest BCUT2D eigenvalue weighted by Crippen LogP contribution is -2.47. The van der Waals surface area contributed by atoms with Crippen LogP contribution >= 0.6 is 0 Å². The Bertz CT molecular complexity index is 1870. The van der Waals surface area contributed by atoms with Crippen molar-refractivity contribution >= 4 is 38.5 Å².